The van der Waals surface area contributed by atoms with Crippen LogP contribution in [0, 0.1) is 0 Å². The molecule has 1 atom stereocenters. The van der Waals surface area contributed by atoms with Crippen molar-refractivity contribution in [2.24, 2.45) is 5.73 Å². The Morgan fingerprint density at radius 2 is 1.92 bits per heavy atom. The van der Waals surface area contributed by atoms with Crippen LogP contribution in [-0.2, 0) is 10.8 Å². The molecule has 0 heterocycles. The zero-order valence-corrected chi connectivity index (χ0v) is 9.61. The highest BCUT2D eigenvalue weighted by atomic mass is 79.9. The molecule has 0 aliphatic heterocycles. The van der Waals surface area contributed by atoms with Gasteiger partial charge >= 0.3 is 0 Å². The van der Waals surface area contributed by atoms with Crippen molar-refractivity contribution in [3.05, 3.63) is 28.7 Å². The smallest absolute Gasteiger partial charge is 0.0529 e. The average molecular weight is 262 g/mol. The molecule has 1 unspecified atom stereocenters. The number of hydrogen-bond acceptors (Lipinski definition) is 2. The monoisotopic (exact) mass is 261 g/mol. The van der Waals surface area contributed by atoms with Gasteiger partial charge in [0, 0.05) is 15.1 Å². The fourth-order valence-electron chi connectivity index (χ4n) is 0.919. The molecule has 72 valence electrons. The highest BCUT2D eigenvalue weighted by Gasteiger charge is 2.01. The second kappa shape index (κ2) is 5.52. The minimum absolute atomic E-state index is 0.599. The first kappa shape index (κ1) is 10.9. The van der Waals surface area contributed by atoms with Crippen LogP contribution in [0.3, 0.4) is 0 Å². The van der Waals surface area contributed by atoms with Gasteiger partial charge in [0.2, 0.25) is 0 Å². The minimum Gasteiger partial charge on any atom is -0.330 e. The molecule has 13 heavy (non-hydrogen) atoms. The molecule has 0 aromatic heterocycles. The lowest BCUT2D eigenvalue weighted by molar-refractivity contribution is 0.680. The molecule has 0 aliphatic carbocycles. The molecule has 0 radical (unpaired) electrons. The van der Waals surface area contributed by atoms with Gasteiger partial charge in [-0.1, -0.05) is 15.9 Å². The van der Waals surface area contributed by atoms with Crippen molar-refractivity contribution < 1.29 is 4.21 Å². The molecule has 0 saturated carbocycles. The number of halogens is 1. The second-order valence-corrected chi connectivity index (χ2v) is 5.13. The van der Waals surface area contributed by atoms with Crippen molar-refractivity contribution in [2.75, 3.05) is 12.3 Å². The Labute approximate surface area is 89.1 Å². The zero-order valence-electron chi connectivity index (χ0n) is 7.20. The fraction of sp³-hybridized carbons (Fsp3) is 0.333. The predicted octanol–water partition coefficient (Wildman–Crippen LogP) is 1.91. The fourth-order valence-corrected chi connectivity index (χ4v) is 2.29. The molecule has 0 spiro atoms. The van der Waals surface area contributed by atoms with Crippen LogP contribution in [0.15, 0.2) is 33.6 Å². The summed E-state index contributed by atoms with van der Waals surface area (Å²) in [5.74, 6) is 0.651. The molecular formula is C9H12BrNOS. The summed E-state index contributed by atoms with van der Waals surface area (Å²) in [6.45, 7) is 0.599. The first-order chi connectivity index (χ1) is 6.24. The van der Waals surface area contributed by atoms with Crippen molar-refractivity contribution in [1.29, 1.82) is 0 Å². The van der Waals surface area contributed by atoms with E-state index in [-0.39, 0.29) is 0 Å². The quantitative estimate of drug-likeness (QED) is 0.900. The lowest BCUT2D eigenvalue weighted by Crippen LogP contribution is -2.05. The highest BCUT2D eigenvalue weighted by Crippen LogP contribution is 2.13. The summed E-state index contributed by atoms with van der Waals surface area (Å²) in [6.07, 6.45) is 0.808. The Bertz CT molecular complexity index is 286. The van der Waals surface area contributed by atoms with Crippen molar-refractivity contribution in [1.82, 2.24) is 0 Å². The van der Waals surface area contributed by atoms with E-state index in [0.29, 0.717) is 12.3 Å². The summed E-state index contributed by atoms with van der Waals surface area (Å²) in [5.41, 5.74) is 5.34. The van der Waals surface area contributed by atoms with Gasteiger partial charge in [-0.3, -0.25) is 4.21 Å². The van der Waals surface area contributed by atoms with E-state index in [1.54, 1.807) is 0 Å². The molecule has 0 fully saturated rings. The predicted molar refractivity (Wildman–Crippen MR) is 59.1 cm³/mol. The maximum Gasteiger partial charge on any atom is 0.0529 e. The number of hydrogen-bond donors (Lipinski definition) is 1. The Morgan fingerprint density at radius 3 is 2.46 bits per heavy atom. The van der Waals surface area contributed by atoms with Crippen molar-refractivity contribution in [2.45, 2.75) is 11.3 Å². The van der Waals surface area contributed by atoms with Crippen LogP contribution in [0.2, 0.25) is 0 Å². The van der Waals surface area contributed by atoms with Gasteiger partial charge in [0.1, 0.15) is 0 Å². The van der Waals surface area contributed by atoms with Crippen LogP contribution in [-0.4, -0.2) is 16.5 Å². The van der Waals surface area contributed by atoms with Gasteiger partial charge in [-0.15, -0.1) is 0 Å². The van der Waals surface area contributed by atoms with Crippen LogP contribution >= 0.6 is 15.9 Å². The summed E-state index contributed by atoms with van der Waals surface area (Å²) in [4.78, 5) is 0.872. The SMILES string of the molecule is NCCCS(=O)c1ccc(Br)cc1. The summed E-state index contributed by atoms with van der Waals surface area (Å²) in [6, 6.07) is 7.54. The van der Waals surface area contributed by atoms with Crippen LogP contribution < -0.4 is 5.73 Å². The van der Waals surface area contributed by atoms with Gasteiger partial charge in [-0.05, 0) is 37.2 Å². The van der Waals surface area contributed by atoms with Gasteiger partial charge in [-0.2, -0.15) is 0 Å². The van der Waals surface area contributed by atoms with Crippen LogP contribution in [0.1, 0.15) is 6.42 Å². The van der Waals surface area contributed by atoms with Crippen molar-refractivity contribution in [3.63, 3.8) is 0 Å². The standard InChI is InChI=1S/C9H12BrNOS/c10-8-2-4-9(5-3-8)13(12)7-1-6-11/h2-5H,1,6-7,11H2. The third kappa shape index (κ3) is 3.58. The maximum atomic E-state index is 11.6. The number of nitrogens with two attached hydrogens (primary N) is 1. The Balaban J connectivity index is 2.61. The number of rotatable bonds is 4. The summed E-state index contributed by atoms with van der Waals surface area (Å²) in [7, 11) is -0.892. The topological polar surface area (TPSA) is 43.1 Å². The van der Waals surface area contributed by atoms with E-state index in [1.807, 2.05) is 24.3 Å². The summed E-state index contributed by atoms with van der Waals surface area (Å²) in [5, 5.41) is 0. The van der Waals surface area contributed by atoms with E-state index in [2.05, 4.69) is 15.9 Å². The van der Waals surface area contributed by atoms with E-state index in [9.17, 15) is 4.21 Å². The maximum absolute atomic E-state index is 11.6. The van der Waals surface area contributed by atoms with Gasteiger partial charge in [-0.25, -0.2) is 0 Å². The molecule has 0 amide bonds. The molecule has 0 aliphatic rings. The normalized spacial score (nSPS) is 12.8. The molecule has 4 heteroatoms. The molecule has 1 aromatic rings. The largest absolute Gasteiger partial charge is 0.330 e. The van der Waals surface area contributed by atoms with Gasteiger partial charge in [0.15, 0.2) is 0 Å². The van der Waals surface area contributed by atoms with E-state index in [1.165, 1.54) is 0 Å². The third-order valence-electron chi connectivity index (χ3n) is 1.61. The molecular weight excluding hydrogens is 250 g/mol. The van der Waals surface area contributed by atoms with E-state index < -0.39 is 10.8 Å². The Kier molecular flexibility index (Phi) is 4.62. The molecule has 0 bridgehead atoms. The third-order valence-corrected chi connectivity index (χ3v) is 3.60. The molecule has 0 saturated heterocycles. The second-order valence-electron chi connectivity index (χ2n) is 2.65. The summed E-state index contributed by atoms with van der Waals surface area (Å²) < 4.78 is 12.6. The van der Waals surface area contributed by atoms with Crippen LogP contribution in [0.4, 0.5) is 0 Å². The lowest BCUT2D eigenvalue weighted by atomic mass is 10.4. The average Bonchev–Trinajstić information content (AvgIpc) is 2.15. The molecule has 2 nitrogen and oxygen atoms in total. The van der Waals surface area contributed by atoms with E-state index in [4.69, 9.17) is 5.73 Å². The highest BCUT2D eigenvalue weighted by molar-refractivity contribution is 9.10. The van der Waals surface area contributed by atoms with Crippen molar-refractivity contribution >= 4 is 26.7 Å². The molecule has 2 N–H and O–H groups in total. The zero-order chi connectivity index (χ0) is 9.68. The lowest BCUT2D eigenvalue weighted by Gasteiger charge is -2.00. The van der Waals surface area contributed by atoms with E-state index in [0.717, 1.165) is 15.8 Å². The van der Waals surface area contributed by atoms with Gasteiger partial charge in [0.05, 0.1) is 10.8 Å². The van der Waals surface area contributed by atoms with Crippen molar-refractivity contribution in [3.8, 4) is 0 Å². The first-order valence-electron chi connectivity index (χ1n) is 4.08. The number of benzene rings is 1. The Hall–Kier alpha value is -0.190. The van der Waals surface area contributed by atoms with Crippen LogP contribution in [0.5, 0.6) is 0 Å². The minimum atomic E-state index is -0.892. The van der Waals surface area contributed by atoms with Gasteiger partial charge in [0.25, 0.3) is 0 Å². The first-order valence-corrected chi connectivity index (χ1v) is 6.19. The molecule has 1 aromatic carbocycles. The molecule has 1 rings (SSSR count). The van der Waals surface area contributed by atoms with Gasteiger partial charge < -0.3 is 5.73 Å². The van der Waals surface area contributed by atoms with E-state index >= 15 is 0 Å². The van der Waals surface area contributed by atoms with Crippen LogP contribution in [0.25, 0.3) is 0 Å². The summed E-state index contributed by atoms with van der Waals surface area (Å²) >= 11 is 3.33. The Morgan fingerprint density at radius 1 is 1.31 bits per heavy atom.